The van der Waals surface area contributed by atoms with Crippen LogP contribution in [0.25, 0.3) is 11.1 Å². The SMILES string of the molecule is C[C](C)=[Zr]([CH3])([CH3])[c]1cccc2c1C(C1=CC=CC1)c1ccccc1-2. The second kappa shape index (κ2) is 5.88. The summed E-state index contributed by atoms with van der Waals surface area (Å²) in [6.07, 6.45) is 7.96. The molecule has 2 aliphatic carbocycles. The monoisotopic (exact) mass is 391 g/mol. The van der Waals surface area contributed by atoms with Crippen molar-refractivity contribution >= 4 is 6.48 Å². The summed E-state index contributed by atoms with van der Waals surface area (Å²) in [5, 5.41) is 0. The van der Waals surface area contributed by atoms with Crippen molar-refractivity contribution in [3.63, 3.8) is 0 Å². The van der Waals surface area contributed by atoms with Crippen molar-refractivity contribution in [2.24, 2.45) is 0 Å². The van der Waals surface area contributed by atoms with Crippen molar-refractivity contribution in [3.8, 4) is 11.1 Å². The number of hydrogen-bond donors (Lipinski definition) is 0. The van der Waals surface area contributed by atoms with E-state index < -0.39 is 19.8 Å². The maximum atomic E-state index is 2.57. The molecule has 0 bridgehead atoms. The quantitative estimate of drug-likeness (QED) is 0.608. The topological polar surface area (TPSA) is 0 Å². The predicted octanol–water partition coefficient (Wildman–Crippen LogP) is 5.77. The molecule has 0 aromatic heterocycles. The van der Waals surface area contributed by atoms with Crippen LogP contribution in [0.4, 0.5) is 0 Å². The standard InChI is InChI=1S/C18H13.C3H6.2CH3.Zr/c1-2-8-13(7-1)18-16-11-5-3-9-14(16)15-10-4-6-12-17(15)18;1-3-2;;;/h1-7,9-11,18H,8H2;1-2H3;2*1H3;. The molecule has 0 heterocycles. The zero-order chi connectivity index (χ0) is 16.9. The summed E-state index contributed by atoms with van der Waals surface area (Å²) < 4.78 is 8.50. The zero-order valence-corrected chi connectivity index (χ0v) is 17.5. The van der Waals surface area contributed by atoms with Crippen LogP contribution in [0.5, 0.6) is 0 Å². The van der Waals surface area contributed by atoms with Gasteiger partial charge in [-0.25, -0.2) is 0 Å². The molecule has 0 amide bonds. The first kappa shape index (κ1) is 16.2. The van der Waals surface area contributed by atoms with Gasteiger partial charge in [0.1, 0.15) is 0 Å². The summed E-state index contributed by atoms with van der Waals surface area (Å²) in [5.74, 6) is 0.456. The molecular formula is C23H25Zr. The molecule has 2 aliphatic rings. The number of allylic oxidation sites excluding steroid dienone is 4. The number of fused-ring (bicyclic) bond motifs is 3. The van der Waals surface area contributed by atoms with Crippen LogP contribution in [0.2, 0.25) is 9.26 Å². The fourth-order valence-electron chi connectivity index (χ4n) is 4.14. The average Bonchev–Trinajstić information content (AvgIpc) is 3.19. The van der Waals surface area contributed by atoms with Crippen LogP contribution < -0.4 is 3.27 Å². The second-order valence-electron chi connectivity index (χ2n) is 7.79. The second-order valence-corrected chi connectivity index (χ2v) is 19.6. The molecule has 0 radical (unpaired) electrons. The van der Waals surface area contributed by atoms with Gasteiger partial charge in [-0.3, -0.25) is 0 Å². The number of rotatable bonds is 2. The molecule has 0 nitrogen and oxygen atoms in total. The molecular weight excluding hydrogens is 367 g/mol. The molecule has 121 valence electrons. The first-order valence-corrected chi connectivity index (χ1v) is 16.3. The van der Waals surface area contributed by atoms with Crippen molar-refractivity contribution in [1.29, 1.82) is 0 Å². The van der Waals surface area contributed by atoms with E-state index in [4.69, 9.17) is 0 Å². The van der Waals surface area contributed by atoms with Crippen molar-refractivity contribution in [2.45, 2.75) is 35.4 Å². The van der Waals surface area contributed by atoms with E-state index in [0.29, 0.717) is 5.92 Å². The van der Waals surface area contributed by atoms with Crippen molar-refractivity contribution in [1.82, 2.24) is 0 Å². The van der Waals surface area contributed by atoms with Crippen molar-refractivity contribution in [3.05, 3.63) is 77.4 Å². The molecule has 2 aromatic rings. The van der Waals surface area contributed by atoms with Gasteiger partial charge in [-0.1, -0.05) is 0 Å². The van der Waals surface area contributed by atoms with Gasteiger partial charge in [-0.2, -0.15) is 0 Å². The van der Waals surface area contributed by atoms with Crippen LogP contribution in [0.15, 0.2) is 66.3 Å². The van der Waals surface area contributed by atoms with Gasteiger partial charge >= 0.3 is 150 Å². The Morgan fingerprint density at radius 1 is 0.958 bits per heavy atom. The molecule has 4 rings (SSSR count). The third-order valence-corrected chi connectivity index (χ3v) is 16.6. The van der Waals surface area contributed by atoms with E-state index in [2.05, 4.69) is 83.8 Å². The van der Waals surface area contributed by atoms with Crippen molar-refractivity contribution in [2.75, 3.05) is 0 Å². The normalized spacial score (nSPS) is 18.3. The third-order valence-electron chi connectivity index (χ3n) is 6.05. The average molecular weight is 393 g/mol. The fourth-order valence-corrected chi connectivity index (χ4v) is 9.06. The van der Waals surface area contributed by atoms with Crippen LogP contribution in [0.1, 0.15) is 37.3 Å². The molecule has 0 spiro atoms. The summed E-state index contributed by atoms with van der Waals surface area (Å²) in [6, 6.07) is 16.1. The van der Waals surface area contributed by atoms with E-state index in [0.717, 1.165) is 6.42 Å². The van der Waals surface area contributed by atoms with Crippen LogP contribution in [0, 0.1) is 0 Å². The van der Waals surface area contributed by atoms with Crippen LogP contribution >= 0.6 is 0 Å². The Bertz CT molecular complexity index is 930. The van der Waals surface area contributed by atoms with E-state index in [1.54, 1.807) is 17.6 Å². The number of benzene rings is 2. The Morgan fingerprint density at radius 3 is 2.42 bits per heavy atom. The number of hydrogen-bond acceptors (Lipinski definition) is 0. The van der Waals surface area contributed by atoms with E-state index in [-0.39, 0.29) is 0 Å². The van der Waals surface area contributed by atoms with Crippen LogP contribution in [0.3, 0.4) is 0 Å². The molecule has 1 heteroatoms. The van der Waals surface area contributed by atoms with Gasteiger partial charge in [0.2, 0.25) is 0 Å². The summed E-state index contributed by atoms with van der Waals surface area (Å²) in [6.45, 7) is 4.70. The van der Waals surface area contributed by atoms with Gasteiger partial charge in [-0.05, 0) is 0 Å². The van der Waals surface area contributed by atoms with Gasteiger partial charge in [0.15, 0.2) is 0 Å². The molecule has 1 unspecified atom stereocenters. The molecule has 24 heavy (non-hydrogen) atoms. The van der Waals surface area contributed by atoms with Gasteiger partial charge < -0.3 is 0 Å². The first-order valence-electron chi connectivity index (χ1n) is 8.90. The Kier molecular flexibility index (Phi) is 3.96. The maximum absolute atomic E-state index is 2.57. The van der Waals surface area contributed by atoms with E-state index in [1.807, 2.05) is 0 Å². The van der Waals surface area contributed by atoms with Gasteiger partial charge in [0.05, 0.1) is 0 Å². The summed E-state index contributed by atoms with van der Waals surface area (Å²) in [4.78, 5) is 0. The minimum absolute atomic E-state index is 0.456. The van der Waals surface area contributed by atoms with Gasteiger partial charge in [-0.15, -0.1) is 0 Å². The Balaban J connectivity index is 2.05. The van der Waals surface area contributed by atoms with Crippen molar-refractivity contribution < 1.29 is 19.8 Å². The molecule has 0 fully saturated rings. The van der Waals surface area contributed by atoms with E-state index in [9.17, 15) is 0 Å². The first-order chi connectivity index (χ1) is 11.5. The van der Waals surface area contributed by atoms with Gasteiger partial charge in [0, 0.05) is 0 Å². The Labute approximate surface area is 149 Å². The van der Waals surface area contributed by atoms with E-state index in [1.165, 1.54) is 16.7 Å². The molecule has 2 aromatic carbocycles. The predicted molar refractivity (Wildman–Crippen MR) is 103 cm³/mol. The summed E-state index contributed by atoms with van der Waals surface area (Å²) in [5.41, 5.74) is 7.61. The molecule has 1 atom stereocenters. The third kappa shape index (κ3) is 2.32. The Morgan fingerprint density at radius 2 is 1.71 bits per heavy atom. The van der Waals surface area contributed by atoms with Gasteiger partial charge in [0.25, 0.3) is 0 Å². The molecule has 0 aliphatic heterocycles. The zero-order valence-electron chi connectivity index (χ0n) is 15.1. The van der Waals surface area contributed by atoms with Crippen LogP contribution in [-0.4, -0.2) is 3.21 Å². The van der Waals surface area contributed by atoms with Crippen LogP contribution in [-0.2, 0) is 19.8 Å². The molecule has 0 N–H and O–H groups in total. The summed E-state index contributed by atoms with van der Waals surface area (Å²) >= 11 is -2.43. The summed E-state index contributed by atoms with van der Waals surface area (Å²) in [7, 11) is 0. The molecule has 0 saturated carbocycles. The van der Waals surface area contributed by atoms with E-state index >= 15 is 0 Å². The Hall–Kier alpha value is -1.33. The fraction of sp³-hybridized carbons (Fsp3) is 0.261. The molecule has 0 saturated heterocycles. The minimum atomic E-state index is -2.43.